The average Bonchev–Trinajstić information content (AvgIpc) is 3.45. The molecule has 0 aliphatic heterocycles. The van der Waals surface area contributed by atoms with Gasteiger partial charge < -0.3 is 9.30 Å². The third-order valence-corrected chi connectivity index (χ3v) is 7.94. The normalized spacial score (nSPS) is 11.5. The Bertz CT molecular complexity index is 2080. The molecule has 0 aliphatic rings. The Labute approximate surface area is 269 Å². The van der Waals surface area contributed by atoms with Crippen molar-refractivity contribution < 1.29 is 9.53 Å². The molecule has 0 unspecified atom stereocenters. The number of fused-ring (bicyclic) bond motifs is 1. The van der Waals surface area contributed by atoms with Gasteiger partial charge in [0.15, 0.2) is 0 Å². The minimum absolute atomic E-state index is 0.0427. The fourth-order valence-electron chi connectivity index (χ4n) is 5.34. The number of halogens is 1. The second-order valence-electron chi connectivity index (χ2n) is 10.8. The molecular formula is C37H31BrN4O3. The summed E-state index contributed by atoms with van der Waals surface area (Å²) in [4.78, 5) is 31.0. The van der Waals surface area contributed by atoms with Crippen LogP contribution in [0.2, 0.25) is 0 Å². The second-order valence-corrected chi connectivity index (χ2v) is 11.7. The zero-order valence-electron chi connectivity index (χ0n) is 25.1. The lowest BCUT2D eigenvalue weighted by molar-refractivity contribution is 0.0526. The highest BCUT2D eigenvalue weighted by molar-refractivity contribution is 9.10. The van der Waals surface area contributed by atoms with Crippen LogP contribution in [-0.4, -0.2) is 33.0 Å². The number of ether oxygens (including phenoxy) is 1. The van der Waals surface area contributed by atoms with Crippen molar-refractivity contribution in [3.8, 4) is 28.2 Å². The standard InChI is InChI=1S/C37H31BrN4O3/c1-4-45-37(44)27-15-18-30(19-16-27)41-33(25-11-7-5-8-12-25)21-28(34(41)26-13-9-6-10-14-26)23-39-42-35(24(2)3)40-32-20-17-29(38)22-31(32)36(42)43/h5-24H,4H2,1-3H3. The number of rotatable bonds is 8. The van der Waals surface area contributed by atoms with Gasteiger partial charge in [0, 0.05) is 21.6 Å². The van der Waals surface area contributed by atoms with Gasteiger partial charge in [0.1, 0.15) is 5.82 Å². The Morgan fingerprint density at radius 2 is 1.58 bits per heavy atom. The number of esters is 1. The molecule has 0 amide bonds. The lowest BCUT2D eigenvalue weighted by Crippen LogP contribution is -2.23. The summed E-state index contributed by atoms with van der Waals surface area (Å²) in [5.74, 6) is 0.168. The first-order chi connectivity index (χ1) is 21.9. The third-order valence-electron chi connectivity index (χ3n) is 7.45. The van der Waals surface area contributed by atoms with Crippen LogP contribution >= 0.6 is 15.9 Å². The summed E-state index contributed by atoms with van der Waals surface area (Å²) in [7, 11) is 0. The predicted molar refractivity (Wildman–Crippen MR) is 183 cm³/mol. The van der Waals surface area contributed by atoms with E-state index in [4.69, 9.17) is 14.8 Å². The summed E-state index contributed by atoms with van der Waals surface area (Å²) in [5.41, 5.74) is 6.33. The fourth-order valence-corrected chi connectivity index (χ4v) is 5.70. The molecule has 0 spiro atoms. The molecule has 4 aromatic carbocycles. The van der Waals surface area contributed by atoms with Gasteiger partial charge in [-0.25, -0.2) is 9.78 Å². The van der Waals surface area contributed by atoms with Crippen LogP contribution in [0.25, 0.3) is 39.1 Å². The van der Waals surface area contributed by atoms with Gasteiger partial charge in [-0.2, -0.15) is 9.78 Å². The number of hydrogen-bond acceptors (Lipinski definition) is 5. The van der Waals surface area contributed by atoms with Crippen LogP contribution in [0.5, 0.6) is 0 Å². The molecule has 0 saturated carbocycles. The monoisotopic (exact) mass is 658 g/mol. The first-order valence-electron chi connectivity index (χ1n) is 14.8. The Hall–Kier alpha value is -5.08. The van der Waals surface area contributed by atoms with Crippen LogP contribution in [0.15, 0.2) is 124 Å². The van der Waals surface area contributed by atoms with Crippen LogP contribution in [0.1, 0.15) is 48.4 Å². The zero-order valence-corrected chi connectivity index (χ0v) is 26.7. The predicted octanol–water partition coefficient (Wildman–Crippen LogP) is 8.47. The second kappa shape index (κ2) is 12.9. The van der Waals surface area contributed by atoms with Gasteiger partial charge >= 0.3 is 5.97 Å². The van der Waals surface area contributed by atoms with E-state index in [9.17, 15) is 9.59 Å². The largest absolute Gasteiger partial charge is 0.462 e. The van der Waals surface area contributed by atoms with Crippen molar-refractivity contribution >= 4 is 39.0 Å². The molecular weight excluding hydrogens is 628 g/mol. The number of hydrogen-bond donors (Lipinski definition) is 0. The van der Waals surface area contributed by atoms with Crippen LogP contribution in [0.4, 0.5) is 0 Å². The van der Waals surface area contributed by atoms with Crippen LogP contribution in [0.3, 0.4) is 0 Å². The van der Waals surface area contributed by atoms with E-state index in [1.807, 2.05) is 86.6 Å². The molecule has 0 N–H and O–H groups in total. The summed E-state index contributed by atoms with van der Waals surface area (Å²) in [5, 5.41) is 5.27. The SMILES string of the molecule is CCOC(=O)c1ccc(-n2c(-c3ccccc3)cc(C=Nn3c(C(C)C)nc4ccc(Br)cc4c3=O)c2-c2ccccc2)cc1. The first kappa shape index (κ1) is 30.0. The van der Waals surface area contributed by atoms with E-state index in [0.29, 0.717) is 28.9 Å². The third kappa shape index (κ3) is 6.01. The smallest absolute Gasteiger partial charge is 0.338 e. The van der Waals surface area contributed by atoms with Crippen molar-refractivity contribution in [2.45, 2.75) is 26.7 Å². The van der Waals surface area contributed by atoms with E-state index in [2.05, 4.69) is 38.7 Å². The Morgan fingerprint density at radius 3 is 2.22 bits per heavy atom. The summed E-state index contributed by atoms with van der Waals surface area (Å²) in [6, 6.07) is 35.1. The van der Waals surface area contributed by atoms with E-state index in [1.54, 1.807) is 31.3 Å². The van der Waals surface area contributed by atoms with Crippen LogP contribution < -0.4 is 5.56 Å². The number of nitrogens with zero attached hydrogens (tertiary/aromatic N) is 4. The van der Waals surface area contributed by atoms with E-state index < -0.39 is 0 Å². The minimum atomic E-state index is -0.363. The molecule has 6 rings (SSSR count). The zero-order chi connectivity index (χ0) is 31.5. The van der Waals surface area contributed by atoms with Crippen molar-refractivity contribution in [3.05, 3.63) is 141 Å². The number of carbonyl (C=O) groups excluding carboxylic acids is 1. The first-order valence-corrected chi connectivity index (χ1v) is 15.6. The van der Waals surface area contributed by atoms with Crippen LogP contribution in [-0.2, 0) is 4.74 Å². The molecule has 0 radical (unpaired) electrons. The molecule has 7 nitrogen and oxygen atoms in total. The Morgan fingerprint density at radius 1 is 0.911 bits per heavy atom. The van der Waals surface area contributed by atoms with Gasteiger partial charge in [0.2, 0.25) is 0 Å². The summed E-state index contributed by atoms with van der Waals surface area (Å²) in [6.45, 7) is 6.09. The van der Waals surface area contributed by atoms with E-state index in [1.165, 1.54) is 4.68 Å². The molecule has 2 heterocycles. The average molecular weight is 660 g/mol. The topological polar surface area (TPSA) is 78.5 Å². The summed E-state index contributed by atoms with van der Waals surface area (Å²) in [6.07, 6.45) is 1.73. The van der Waals surface area contributed by atoms with Gasteiger partial charge in [-0.15, -0.1) is 0 Å². The minimum Gasteiger partial charge on any atom is -0.462 e. The highest BCUT2D eigenvalue weighted by atomic mass is 79.9. The van der Waals surface area contributed by atoms with Gasteiger partial charge in [0.25, 0.3) is 5.56 Å². The van der Waals surface area contributed by atoms with Crippen molar-refractivity contribution in [1.29, 1.82) is 0 Å². The molecule has 45 heavy (non-hydrogen) atoms. The quantitative estimate of drug-likeness (QED) is 0.121. The summed E-state index contributed by atoms with van der Waals surface area (Å²) >= 11 is 3.48. The van der Waals surface area contributed by atoms with E-state index >= 15 is 0 Å². The van der Waals surface area contributed by atoms with Gasteiger partial charge in [-0.05, 0) is 66.6 Å². The highest BCUT2D eigenvalue weighted by Gasteiger charge is 2.20. The van der Waals surface area contributed by atoms with Crippen molar-refractivity contribution in [3.63, 3.8) is 0 Å². The number of carbonyl (C=O) groups is 1. The molecule has 0 fully saturated rings. The molecule has 6 aromatic rings. The fraction of sp³-hybridized carbons (Fsp3) is 0.135. The van der Waals surface area contributed by atoms with Crippen molar-refractivity contribution in [2.24, 2.45) is 5.10 Å². The van der Waals surface area contributed by atoms with Crippen molar-refractivity contribution in [1.82, 2.24) is 14.2 Å². The maximum absolute atomic E-state index is 13.8. The van der Waals surface area contributed by atoms with Gasteiger partial charge in [-0.1, -0.05) is 90.4 Å². The molecule has 0 aliphatic carbocycles. The molecule has 224 valence electrons. The summed E-state index contributed by atoms with van der Waals surface area (Å²) < 4.78 is 9.57. The van der Waals surface area contributed by atoms with Crippen molar-refractivity contribution in [2.75, 3.05) is 6.61 Å². The maximum Gasteiger partial charge on any atom is 0.338 e. The molecule has 8 heteroatoms. The highest BCUT2D eigenvalue weighted by Crippen LogP contribution is 2.35. The lowest BCUT2D eigenvalue weighted by atomic mass is 10.1. The molecule has 0 bridgehead atoms. The molecule has 2 aromatic heterocycles. The van der Waals surface area contributed by atoms with Gasteiger partial charge in [-0.3, -0.25) is 4.79 Å². The molecule has 0 saturated heterocycles. The number of benzene rings is 4. The number of aromatic nitrogens is 3. The maximum atomic E-state index is 13.8. The Balaban J connectivity index is 1.59. The molecule has 0 atom stereocenters. The van der Waals surface area contributed by atoms with E-state index in [0.717, 1.165) is 38.2 Å². The van der Waals surface area contributed by atoms with E-state index in [-0.39, 0.29) is 17.4 Å². The Kier molecular flexibility index (Phi) is 8.58. The van der Waals surface area contributed by atoms with Crippen LogP contribution in [0, 0.1) is 0 Å². The lowest BCUT2D eigenvalue weighted by Gasteiger charge is -2.15. The van der Waals surface area contributed by atoms with Gasteiger partial charge in [0.05, 0.1) is 40.7 Å².